The first-order valence-corrected chi connectivity index (χ1v) is 8.45. The van der Waals surface area contributed by atoms with Crippen LogP contribution >= 0.6 is 35.6 Å². The lowest BCUT2D eigenvalue weighted by Crippen LogP contribution is -2.17. The molecule has 0 unspecified atom stereocenters. The minimum Gasteiger partial charge on any atom is -0.456 e. The SMILES string of the molecule is O=C1NC(=S)SC1=Cc1cc2cncc(-c3ccc(Cl)nc3)c2o1. The number of rotatable bonds is 2. The van der Waals surface area contributed by atoms with Gasteiger partial charge in [0, 0.05) is 41.2 Å². The molecule has 4 heterocycles. The molecule has 1 aliphatic heterocycles. The van der Waals surface area contributed by atoms with Crippen molar-refractivity contribution in [3.63, 3.8) is 0 Å². The van der Waals surface area contributed by atoms with Gasteiger partial charge in [0.1, 0.15) is 20.8 Å². The highest BCUT2D eigenvalue weighted by Crippen LogP contribution is 2.32. The van der Waals surface area contributed by atoms with Crippen LogP contribution in [0.15, 0.2) is 46.1 Å². The van der Waals surface area contributed by atoms with Gasteiger partial charge in [0.15, 0.2) is 0 Å². The molecule has 5 nitrogen and oxygen atoms in total. The number of aromatic nitrogens is 2. The number of thiocarbonyl (C=S) groups is 1. The summed E-state index contributed by atoms with van der Waals surface area (Å²) in [6.45, 7) is 0. The number of thioether (sulfide) groups is 1. The quantitative estimate of drug-likeness (QED) is 0.415. The number of pyridine rings is 2. The van der Waals surface area contributed by atoms with E-state index in [0.717, 1.165) is 16.5 Å². The molecule has 0 bridgehead atoms. The number of hydrogen-bond acceptors (Lipinski definition) is 6. The Morgan fingerprint density at radius 1 is 1.29 bits per heavy atom. The first kappa shape index (κ1) is 15.3. The molecule has 1 saturated heterocycles. The molecule has 1 aliphatic rings. The second-order valence-corrected chi connectivity index (χ2v) is 7.08. The maximum atomic E-state index is 11.8. The van der Waals surface area contributed by atoms with Gasteiger partial charge in [-0.3, -0.25) is 9.78 Å². The van der Waals surface area contributed by atoms with Gasteiger partial charge in [0.25, 0.3) is 5.91 Å². The molecule has 0 spiro atoms. The van der Waals surface area contributed by atoms with Crippen LogP contribution in [0.4, 0.5) is 0 Å². The Balaban J connectivity index is 1.80. The minimum absolute atomic E-state index is 0.217. The fraction of sp³-hybridized carbons (Fsp3) is 0. The Morgan fingerprint density at radius 3 is 2.88 bits per heavy atom. The molecule has 0 atom stereocenters. The predicted octanol–water partition coefficient (Wildman–Crippen LogP) is 4.03. The highest BCUT2D eigenvalue weighted by atomic mass is 35.5. The summed E-state index contributed by atoms with van der Waals surface area (Å²) in [5.41, 5.74) is 2.33. The fourth-order valence-electron chi connectivity index (χ4n) is 2.34. The highest BCUT2D eigenvalue weighted by Gasteiger charge is 2.22. The first-order chi connectivity index (χ1) is 11.6. The van der Waals surface area contributed by atoms with Crippen molar-refractivity contribution in [2.24, 2.45) is 0 Å². The third-order valence-corrected chi connectivity index (χ3v) is 4.78. The monoisotopic (exact) mass is 373 g/mol. The van der Waals surface area contributed by atoms with Gasteiger partial charge in [-0.2, -0.15) is 0 Å². The molecular formula is C16H8ClN3O2S2. The number of carbonyl (C=O) groups is 1. The standard InChI is InChI=1S/C16H8ClN3O2S2/c17-13-2-1-8(6-19-13)11-7-18-5-9-3-10(22-14(9)11)4-12-15(21)20-16(23)24-12/h1-7H,(H,20,21,23). The first-order valence-electron chi connectivity index (χ1n) is 6.84. The van der Waals surface area contributed by atoms with Crippen molar-refractivity contribution in [2.45, 2.75) is 0 Å². The molecule has 4 rings (SSSR count). The van der Waals surface area contributed by atoms with E-state index in [0.29, 0.717) is 25.7 Å². The van der Waals surface area contributed by atoms with Gasteiger partial charge in [-0.15, -0.1) is 0 Å². The molecule has 0 radical (unpaired) electrons. The van der Waals surface area contributed by atoms with Gasteiger partial charge in [0.2, 0.25) is 0 Å². The van der Waals surface area contributed by atoms with Crippen molar-refractivity contribution >= 4 is 62.9 Å². The molecule has 0 saturated carbocycles. The van der Waals surface area contributed by atoms with Gasteiger partial charge in [-0.1, -0.05) is 35.6 Å². The van der Waals surface area contributed by atoms with Crippen LogP contribution in [-0.4, -0.2) is 20.2 Å². The van der Waals surface area contributed by atoms with Crippen molar-refractivity contribution in [1.82, 2.24) is 15.3 Å². The summed E-state index contributed by atoms with van der Waals surface area (Å²) in [7, 11) is 0. The lowest BCUT2D eigenvalue weighted by molar-refractivity contribution is -0.115. The Labute approximate surface area is 151 Å². The summed E-state index contributed by atoms with van der Waals surface area (Å²) in [6.07, 6.45) is 6.75. The molecule has 24 heavy (non-hydrogen) atoms. The summed E-state index contributed by atoms with van der Waals surface area (Å²) >= 11 is 12.0. The van der Waals surface area contributed by atoms with Gasteiger partial charge < -0.3 is 9.73 Å². The lowest BCUT2D eigenvalue weighted by atomic mass is 10.1. The maximum Gasteiger partial charge on any atom is 0.263 e. The zero-order chi connectivity index (χ0) is 16.7. The van der Waals surface area contributed by atoms with E-state index in [-0.39, 0.29) is 5.91 Å². The molecule has 8 heteroatoms. The van der Waals surface area contributed by atoms with E-state index >= 15 is 0 Å². The van der Waals surface area contributed by atoms with E-state index in [4.69, 9.17) is 28.2 Å². The largest absolute Gasteiger partial charge is 0.456 e. The molecule has 1 amide bonds. The fourth-order valence-corrected chi connectivity index (χ4v) is 3.48. The van der Waals surface area contributed by atoms with Crippen LogP contribution in [0.2, 0.25) is 5.15 Å². The van der Waals surface area contributed by atoms with Crippen LogP contribution in [0.1, 0.15) is 5.76 Å². The van der Waals surface area contributed by atoms with E-state index in [1.807, 2.05) is 12.1 Å². The van der Waals surface area contributed by atoms with Crippen molar-refractivity contribution in [1.29, 1.82) is 0 Å². The molecular weight excluding hydrogens is 366 g/mol. The lowest BCUT2D eigenvalue weighted by Gasteiger charge is -2.01. The Bertz CT molecular complexity index is 1010. The second-order valence-electron chi connectivity index (χ2n) is 4.98. The molecule has 1 N–H and O–H groups in total. The second kappa shape index (κ2) is 6.01. The average Bonchev–Trinajstić information content (AvgIpc) is 3.10. The van der Waals surface area contributed by atoms with Crippen LogP contribution in [0.25, 0.3) is 28.2 Å². The molecule has 0 aliphatic carbocycles. The number of furan rings is 1. The zero-order valence-electron chi connectivity index (χ0n) is 11.9. The highest BCUT2D eigenvalue weighted by molar-refractivity contribution is 8.26. The summed E-state index contributed by atoms with van der Waals surface area (Å²) in [4.78, 5) is 20.6. The number of fused-ring (bicyclic) bond motifs is 1. The number of carbonyl (C=O) groups excluding carboxylic acids is 1. The van der Waals surface area contributed by atoms with Gasteiger partial charge >= 0.3 is 0 Å². The molecule has 1 fully saturated rings. The van der Waals surface area contributed by atoms with Crippen molar-refractivity contribution in [2.75, 3.05) is 0 Å². The van der Waals surface area contributed by atoms with Gasteiger partial charge in [-0.05, 0) is 18.2 Å². The van der Waals surface area contributed by atoms with Crippen LogP contribution in [0.3, 0.4) is 0 Å². The van der Waals surface area contributed by atoms with Crippen molar-refractivity contribution in [3.05, 3.63) is 52.6 Å². The number of hydrogen-bond donors (Lipinski definition) is 1. The minimum atomic E-state index is -0.217. The maximum absolute atomic E-state index is 11.8. The summed E-state index contributed by atoms with van der Waals surface area (Å²) < 4.78 is 6.36. The normalized spacial score (nSPS) is 16.1. The van der Waals surface area contributed by atoms with Crippen molar-refractivity contribution < 1.29 is 9.21 Å². The van der Waals surface area contributed by atoms with Crippen LogP contribution < -0.4 is 5.32 Å². The summed E-state index contributed by atoms with van der Waals surface area (Å²) in [5.74, 6) is 0.342. The predicted molar refractivity (Wildman–Crippen MR) is 98.6 cm³/mol. The Kier molecular flexibility index (Phi) is 3.84. The molecule has 3 aromatic rings. The van der Waals surface area contributed by atoms with Gasteiger partial charge in [-0.25, -0.2) is 4.98 Å². The number of nitrogens with one attached hydrogen (secondary N) is 1. The van der Waals surface area contributed by atoms with Gasteiger partial charge in [0.05, 0.1) is 4.91 Å². The third kappa shape index (κ3) is 2.82. The zero-order valence-corrected chi connectivity index (χ0v) is 14.3. The van der Waals surface area contributed by atoms with Crippen LogP contribution in [0.5, 0.6) is 0 Å². The van der Waals surface area contributed by atoms with Crippen LogP contribution in [0, 0.1) is 0 Å². The Morgan fingerprint density at radius 2 is 2.17 bits per heavy atom. The average molecular weight is 374 g/mol. The van der Waals surface area contributed by atoms with E-state index in [2.05, 4.69) is 15.3 Å². The number of amides is 1. The van der Waals surface area contributed by atoms with E-state index in [1.54, 1.807) is 30.7 Å². The summed E-state index contributed by atoms with van der Waals surface area (Å²) in [5, 5.41) is 3.83. The van der Waals surface area contributed by atoms with Crippen molar-refractivity contribution in [3.8, 4) is 11.1 Å². The smallest absolute Gasteiger partial charge is 0.263 e. The van der Waals surface area contributed by atoms with E-state index in [9.17, 15) is 4.79 Å². The summed E-state index contributed by atoms with van der Waals surface area (Å²) in [6, 6.07) is 5.39. The molecule has 3 aromatic heterocycles. The molecule has 0 aromatic carbocycles. The number of halogens is 1. The Hall–Kier alpha value is -2.22. The van der Waals surface area contributed by atoms with E-state index in [1.165, 1.54) is 11.8 Å². The number of nitrogens with zero attached hydrogens (tertiary/aromatic N) is 2. The topological polar surface area (TPSA) is 68.0 Å². The van der Waals surface area contributed by atoms with E-state index < -0.39 is 0 Å². The van der Waals surface area contributed by atoms with Crippen LogP contribution in [-0.2, 0) is 4.79 Å². The molecule has 118 valence electrons. The third-order valence-electron chi connectivity index (χ3n) is 3.40.